The van der Waals surface area contributed by atoms with E-state index in [9.17, 15) is 22.4 Å². The molecule has 2 heterocycles. The molecule has 0 bridgehead atoms. The summed E-state index contributed by atoms with van der Waals surface area (Å²) in [5, 5.41) is 10.4. The molecule has 1 aliphatic heterocycles. The molecule has 1 fully saturated rings. The molecule has 0 spiro atoms. The van der Waals surface area contributed by atoms with Gasteiger partial charge in [-0.2, -0.15) is 4.31 Å². The number of sulfonamides is 1. The Bertz CT molecular complexity index is 1000. The fraction of sp³-hybridized carbons (Fsp3) is 0.353. The van der Waals surface area contributed by atoms with Crippen molar-refractivity contribution in [3.8, 4) is 0 Å². The van der Waals surface area contributed by atoms with Gasteiger partial charge in [0.2, 0.25) is 15.9 Å². The van der Waals surface area contributed by atoms with Crippen LogP contribution in [-0.2, 0) is 26.0 Å². The van der Waals surface area contributed by atoms with Crippen LogP contribution in [0.5, 0.6) is 0 Å². The summed E-state index contributed by atoms with van der Waals surface area (Å²) >= 11 is 2.49. The normalized spacial score (nSPS) is 15.4. The highest BCUT2D eigenvalue weighted by atomic mass is 32.2. The Morgan fingerprint density at radius 1 is 1.21 bits per heavy atom. The molecule has 12 heteroatoms. The molecule has 1 amide bonds. The van der Waals surface area contributed by atoms with Crippen LogP contribution in [0.15, 0.2) is 38.9 Å². The van der Waals surface area contributed by atoms with Crippen LogP contribution < -0.4 is 0 Å². The van der Waals surface area contributed by atoms with Gasteiger partial charge in [0.1, 0.15) is 10.7 Å². The number of rotatable bonds is 7. The van der Waals surface area contributed by atoms with Crippen molar-refractivity contribution >= 4 is 45.0 Å². The minimum atomic E-state index is -3.95. The third-order valence-corrected chi connectivity index (χ3v) is 8.21. The van der Waals surface area contributed by atoms with E-state index in [0.29, 0.717) is 10.0 Å². The molecule has 0 unspecified atom stereocenters. The summed E-state index contributed by atoms with van der Waals surface area (Å²) in [5.41, 5.74) is 0.449. The van der Waals surface area contributed by atoms with Gasteiger partial charge in [-0.25, -0.2) is 17.8 Å². The maximum Gasteiger partial charge on any atom is 0.309 e. The van der Waals surface area contributed by atoms with E-state index in [0.717, 1.165) is 6.07 Å². The van der Waals surface area contributed by atoms with Gasteiger partial charge in [-0.05, 0) is 12.1 Å². The van der Waals surface area contributed by atoms with Crippen molar-refractivity contribution in [2.45, 2.75) is 15.7 Å². The number of aromatic nitrogens is 1. The standard InChI is InChI=1S/C17H18FN3O5S3/c18-13-3-1-2-4-14(13)29(25,26)21-7-5-20(6-8-21)15(22)11-28-17-19-12(10-27-17)9-16(23)24/h1-4,10H,5-9,11H2,(H,23,24). The quantitative estimate of drug-likeness (QED) is 0.626. The van der Waals surface area contributed by atoms with Crippen molar-refractivity contribution in [3.63, 3.8) is 0 Å². The first kappa shape index (κ1) is 21.7. The van der Waals surface area contributed by atoms with Gasteiger partial charge >= 0.3 is 5.97 Å². The average molecular weight is 460 g/mol. The summed E-state index contributed by atoms with van der Waals surface area (Å²) in [5.74, 6) is -1.80. The van der Waals surface area contributed by atoms with Crippen LogP contribution in [0.3, 0.4) is 0 Å². The van der Waals surface area contributed by atoms with Gasteiger partial charge in [0.25, 0.3) is 0 Å². The van der Waals surface area contributed by atoms with E-state index in [2.05, 4.69) is 4.98 Å². The number of thiazole rings is 1. The van der Waals surface area contributed by atoms with E-state index in [1.165, 1.54) is 45.6 Å². The van der Waals surface area contributed by atoms with E-state index in [-0.39, 0.29) is 49.2 Å². The number of thioether (sulfide) groups is 1. The fourth-order valence-corrected chi connectivity index (χ4v) is 6.01. The Hall–Kier alpha value is -2.02. The predicted molar refractivity (Wildman–Crippen MR) is 106 cm³/mol. The molecular weight excluding hydrogens is 441 g/mol. The molecular formula is C17H18FN3O5S3. The number of carboxylic acid groups (broad SMARTS) is 1. The Morgan fingerprint density at radius 3 is 2.55 bits per heavy atom. The fourth-order valence-electron chi connectivity index (χ4n) is 2.78. The Morgan fingerprint density at radius 2 is 1.90 bits per heavy atom. The number of nitrogens with zero attached hydrogens (tertiary/aromatic N) is 3. The zero-order valence-electron chi connectivity index (χ0n) is 15.2. The van der Waals surface area contributed by atoms with Gasteiger partial charge < -0.3 is 10.0 Å². The van der Waals surface area contributed by atoms with Crippen molar-refractivity contribution in [3.05, 3.63) is 41.2 Å². The number of aliphatic carboxylic acids is 1. The van der Waals surface area contributed by atoms with Crippen LogP contribution in [0.25, 0.3) is 0 Å². The second kappa shape index (κ2) is 9.20. The summed E-state index contributed by atoms with van der Waals surface area (Å²) in [4.78, 5) is 28.4. The third kappa shape index (κ3) is 5.32. The highest BCUT2D eigenvalue weighted by molar-refractivity contribution is 8.01. The molecule has 1 saturated heterocycles. The SMILES string of the molecule is O=C(O)Cc1csc(SCC(=O)N2CCN(S(=O)(=O)c3ccccc3F)CC2)n1. The van der Waals surface area contributed by atoms with Crippen molar-refractivity contribution in [1.82, 2.24) is 14.2 Å². The molecule has 1 aliphatic rings. The predicted octanol–water partition coefficient (Wildman–Crippen LogP) is 1.53. The first-order chi connectivity index (χ1) is 13.8. The number of piperazine rings is 1. The van der Waals surface area contributed by atoms with E-state index >= 15 is 0 Å². The topological polar surface area (TPSA) is 108 Å². The Balaban J connectivity index is 1.52. The minimum absolute atomic E-state index is 0.0904. The third-order valence-electron chi connectivity index (χ3n) is 4.23. The van der Waals surface area contributed by atoms with Gasteiger partial charge in [0, 0.05) is 31.6 Å². The van der Waals surface area contributed by atoms with Crippen LogP contribution >= 0.6 is 23.1 Å². The second-order valence-electron chi connectivity index (χ2n) is 6.18. The summed E-state index contributed by atoms with van der Waals surface area (Å²) in [6.07, 6.45) is -0.163. The van der Waals surface area contributed by atoms with Crippen LogP contribution in [0, 0.1) is 5.82 Å². The Labute approximate surface area is 175 Å². The zero-order valence-corrected chi connectivity index (χ0v) is 17.6. The highest BCUT2D eigenvalue weighted by Gasteiger charge is 2.31. The van der Waals surface area contributed by atoms with E-state index in [1.807, 2.05) is 0 Å². The zero-order chi connectivity index (χ0) is 21.0. The number of hydrogen-bond acceptors (Lipinski definition) is 7. The number of amides is 1. The molecule has 1 aromatic carbocycles. The summed E-state index contributed by atoms with van der Waals surface area (Å²) in [6, 6.07) is 5.22. The van der Waals surface area contributed by atoms with Crippen LogP contribution in [0.2, 0.25) is 0 Å². The van der Waals surface area contributed by atoms with E-state index in [1.54, 1.807) is 10.3 Å². The molecule has 29 heavy (non-hydrogen) atoms. The van der Waals surface area contributed by atoms with Gasteiger partial charge in [-0.1, -0.05) is 23.9 Å². The molecule has 2 aromatic rings. The van der Waals surface area contributed by atoms with Crippen molar-refractivity contribution < 1.29 is 27.5 Å². The van der Waals surface area contributed by atoms with Crippen LogP contribution in [-0.4, -0.2) is 71.5 Å². The van der Waals surface area contributed by atoms with Crippen molar-refractivity contribution in [1.29, 1.82) is 0 Å². The first-order valence-electron chi connectivity index (χ1n) is 8.59. The molecule has 156 valence electrons. The molecule has 0 saturated carbocycles. The molecule has 0 aliphatic carbocycles. The largest absolute Gasteiger partial charge is 0.481 e. The summed E-state index contributed by atoms with van der Waals surface area (Å²) in [6.45, 7) is 0.616. The number of carboxylic acids is 1. The van der Waals surface area contributed by atoms with Crippen LogP contribution in [0.1, 0.15) is 5.69 Å². The van der Waals surface area contributed by atoms with Gasteiger partial charge in [-0.3, -0.25) is 9.59 Å². The molecule has 0 atom stereocenters. The molecule has 0 radical (unpaired) electrons. The number of hydrogen-bond donors (Lipinski definition) is 1. The van der Waals surface area contributed by atoms with Gasteiger partial charge in [-0.15, -0.1) is 11.3 Å². The van der Waals surface area contributed by atoms with E-state index < -0.39 is 21.8 Å². The number of halogens is 1. The smallest absolute Gasteiger partial charge is 0.309 e. The lowest BCUT2D eigenvalue weighted by molar-refractivity contribution is -0.136. The van der Waals surface area contributed by atoms with Crippen molar-refractivity contribution in [2.24, 2.45) is 0 Å². The maximum atomic E-state index is 13.9. The first-order valence-corrected chi connectivity index (χ1v) is 11.9. The lowest BCUT2D eigenvalue weighted by atomic mass is 10.3. The van der Waals surface area contributed by atoms with Gasteiger partial charge in [0.05, 0.1) is 17.9 Å². The van der Waals surface area contributed by atoms with E-state index in [4.69, 9.17) is 5.11 Å². The molecule has 8 nitrogen and oxygen atoms in total. The number of benzene rings is 1. The maximum absolute atomic E-state index is 13.9. The molecule has 1 aromatic heterocycles. The summed E-state index contributed by atoms with van der Waals surface area (Å²) < 4.78 is 40.9. The monoisotopic (exact) mass is 459 g/mol. The number of carbonyl (C=O) groups excluding carboxylic acids is 1. The lowest BCUT2D eigenvalue weighted by Gasteiger charge is -2.34. The average Bonchev–Trinajstić information content (AvgIpc) is 3.13. The highest BCUT2D eigenvalue weighted by Crippen LogP contribution is 2.24. The summed E-state index contributed by atoms with van der Waals surface area (Å²) in [7, 11) is -3.95. The molecule has 3 rings (SSSR count). The number of carbonyl (C=O) groups is 2. The van der Waals surface area contributed by atoms with Crippen LogP contribution in [0.4, 0.5) is 4.39 Å². The Kier molecular flexibility index (Phi) is 6.88. The van der Waals surface area contributed by atoms with Gasteiger partial charge in [0.15, 0.2) is 4.34 Å². The molecule has 1 N–H and O–H groups in total. The minimum Gasteiger partial charge on any atom is -0.481 e. The lowest BCUT2D eigenvalue weighted by Crippen LogP contribution is -2.51. The van der Waals surface area contributed by atoms with Crippen molar-refractivity contribution in [2.75, 3.05) is 31.9 Å². The second-order valence-corrected chi connectivity index (χ2v) is 10.2.